The molecule has 0 fully saturated rings. The molecular weight excluding hydrogens is 226 g/mol. The first-order valence-electron chi connectivity index (χ1n) is 6.50. The molecule has 1 aromatic rings. The Morgan fingerprint density at radius 2 is 1.83 bits per heavy atom. The third-order valence-corrected chi connectivity index (χ3v) is 3.57. The first-order chi connectivity index (χ1) is 8.45. The van der Waals surface area contributed by atoms with Crippen LogP contribution in [-0.4, -0.2) is 23.0 Å². The van der Waals surface area contributed by atoms with E-state index >= 15 is 0 Å². The maximum absolute atomic E-state index is 12.1. The number of carbonyl (C=O) groups excluding carboxylic acids is 1. The highest BCUT2D eigenvalue weighted by Gasteiger charge is 2.18. The van der Waals surface area contributed by atoms with Gasteiger partial charge >= 0.3 is 0 Å². The molecule has 2 unspecified atom stereocenters. The van der Waals surface area contributed by atoms with Crippen molar-refractivity contribution in [2.45, 2.75) is 39.7 Å². The Hall–Kier alpha value is -1.51. The summed E-state index contributed by atoms with van der Waals surface area (Å²) in [6.07, 6.45) is 1.61. The van der Waals surface area contributed by atoms with Crippen LogP contribution >= 0.6 is 0 Å². The van der Waals surface area contributed by atoms with Crippen molar-refractivity contribution >= 4 is 5.91 Å². The summed E-state index contributed by atoms with van der Waals surface area (Å²) < 4.78 is 0. The zero-order chi connectivity index (χ0) is 13.7. The van der Waals surface area contributed by atoms with Crippen molar-refractivity contribution < 1.29 is 9.90 Å². The van der Waals surface area contributed by atoms with E-state index in [1.54, 1.807) is 17.0 Å². The van der Waals surface area contributed by atoms with Crippen LogP contribution in [0, 0.1) is 5.92 Å². The summed E-state index contributed by atoms with van der Waals surface area (Å²) in [6, 6.07) is 7.04. The van der Waals surface area contributed by atoms with Crippen molar-refractivity contribution in [2.24, 2.45) is 5.92 Å². The van der Waals surface area contributed by atoms with Crippen LogP contribution in [0.25, 0.3) is 0 Å². The monoisotopic (exact) mass is 249 g/mol. The number of carbonyl (C=O) groups is 1. The Labute approximate surface area is 109 Å². The minimum Gasteiger partial charge on any atom is -0.508 e. The van der Waals surface area contributed by atoms with Crippen molar-refractivity contribution in [3.05, 3.63) is 29.8 Å². The summed E-state index contributed by atoms with van der Waals surface area (Å²) in [7, 11) is 1.84. The van der Waals surface area contributed by atoms with E-state index in [0.29, 0.717) is 12.3 Å². The van der Waals surface area contributed by atoms with Crippen molar-refractivity contribution in [1.29, 1.82) is 0 Å². The number of phenols is 1. The van der Waals surface area contributed by atoms with Gasteiger partial charge in [0.1, 0.15) is 5.75 Å². The van der Waals surface area contributed by atoms with Gasteiger partial charge in [-0.05, 0) is 30.5 Å². The fraction of sp³-hybridized carbons (Fsp3) is 0.533. The summed E-state index contributed by atoms with van der Waals surface area (Å²) in [5.74, 6) is 0.844. The Morgan fingerprint density at radius 3 is 2.33 bits per heavy atom. The second-order valence-corrected chi connectivity index (χ2v) is 4.99. The first kappa shape index (κ1) is 14.6. The van der Waals surface area contributed by atoms with Gasteiger partial charge in [-0.3, -0.25) is 4.79 Å². The van der Waals surface area contributed by atoms with Crippen molar-refractivity contribution in [3.8, 4) is 5.75 Å². The predicted octanol–water partition coefficient (Wildman–Crippen LogP) is 3.35. The number of hydrogen-bond acceptors (Lipinski definition) is 2. The summed E-state index contributed by atoms with van der Waals surface area (Å²) in [5.41, 5.74) is 1.04. The van der Waals surface area contributed by atoms with Gasteiger partial charge < -0.3 is 10.0 Å². The Bertz CT molecular complexity index is 386. The molecule has 0 saturated carbocycles. The minimum absolute atomic E-state index is 0.0298. The van der Waals surface area contributed by atoms with Gasteiger partial charge in [0.25, 0.3) is 0 Å². The van der Waals surface area contributed by atoms with Crippen LogP contribution in [0.3, 0.4) is 0 Å². The van der Waals surface area contributed by atoms with Crippen molar-refractivity contribution in [2.75, 3.05) is 7.05 Å². The molecular formula is C15H23NO2. The molecule has 0 aliphatic rings. The Balaban J connectivity index is 2.68. The lowest BCUT2D eigenvalue weighted by Gasteiger charge is -2.26. The Kier molecular flexibility index (Phi) is 5.20. The van der Waals surface area contributed by atoms with Gasteiger partial charge in [0.05, 0.1) is 6.04 Å². The number of aromatic hydroxyl groups is 1. The number of nitrogens with zero attached hydrogens (tertiary/aromatic N) is 1. The topological polar surface area (TPSA) is 40.5 Å². The molecule has 0 aromatic heterocycles. The second-order valence-electron chi connectivity index (χ2n) is 4.99. The molecule has 18 heavy (non-hydrogen) atoms. The zero-order valence-corrected chi connectivity index (χ0v) is 11.7. The second kappa shape index (κ2) is 6.43. The average Bonchev–Trinajstić information content (AvgIpc) is 2.37. The molecule has 0 spiro atoms. The molecule has 0 aliphatic carbocycles. The van der Waals surface area contributed by atoms with E-state index in [-0.39, 0.29) is 17.7 Å². The highest BCUT2D eigenvalue weighted by Crippen LogP contribution is 2.22. The predicted molar refractivity (Wildman–Crippen MR) is 73.4 cm³/mol. The molecule has 1 amide bonds. The molecule has 100 valence electrons. The molecule has 0 bridgehead atoms. The van der Waals surface area contributed by atoms with Crippen LogP contribution in [0.15, 0.2) is 24.3 Å². The molecule has 1 rings (SSSR count). The third-order valence-electron chi connectivity index (χ3n) is 3.57. The first-order valence-corrected chi connectivity index (χ1v) is 6.50. The number of amides is 1. The van der Waals surface area contributed by atoms with Crippen LogP contribution in [0.2, 0.25) is 0 Å². The van der Waals surface area contributed by atoms with Gasteiger partial charge in [-0.2, -0.15) is 0 Å². The van der Waals surface area contributed by atoms with Gasteiger partial charge in [0.2, 0.25) is 5.91 Å². The largest absolute Gasteiger partial charge is 0.508 e. The summed E-state index contributed by atoms with van der Waals surface area (Å²) >= 11 is 0. The van der Waals surface area contributed by atoms with Gasteiger partial charge in [-0.15, -0.1) is 0 Å². The summed E-state index contributed by atoms with van der Waals surface area (Å²) in [5, 5.41) is 9.26. The molecule has 0 radical (unpaired) electrons. The smallest absolute Gasteiger partial charge is 0.223 e. The zero-order valence-electron chi connectivity index (χ0n) is 11.7. The van der Waals surface area contributed by atoms with E-state index in [1.807, 2.05) is 26.1 Å². The highest BCUT2D eigenvalue weighted by atomic mass is 16.3. The van der Waals surface area contributed by atoms with E-state index in [1.165, 1.54) is 0 Å². The maximum Gasteiger partial charge on any atom is 0.223 e. The molecule has 3 nitrogen and oxygen atoms in total. The van der Waals surface area contributed by atoms with Gasteiger partial charge in [-0.25, -0.2) is 0 Å². The lowest BCUT2D eigenvalue weighted by molar-refractivity contribution is -0.132. The summed E-state index contributed by atoms with van der Waals surface area (Å²) in [6.45, 7) is 6.19. The van der Waals surface area contributed by atoms with E-state index in [2.05, 4.69) is 13.8 Å². The number of phenolic OH excluding ortho intramolecular Hbond substituents is 1. The molecule has 2 atom stereocenters. The summed E-state index contributed by atoms with van der Waals surface area (Å²) in [4.78, 5) is 13.8. The van der Waals surface area contributed by atoms with Gasteiger partial charge in [-0.1, -0.05) is 32.4 Å². The van der Waals surface area contributed by atoms with Crippen LogP contribution < -0.4 is 0 Å². The SMILES string of the molecule is CCC(C)CC(=O)N(C)C(C)c1ccc(O)cc1. The van der Waals surface area contributed by atoms with Gasteiger partial charge in [0, 0.05) is 13.5 Å². The molecule has 0 heterocycles. The average molecular weight is 249 g/mol. The fourth-order valence-electron chi connectivity index (χ4n) is 1.78. The third kappa shape index (κ3) is 3.76. The number of hydrogen-bond donors (Lipinski definition) is 1. The quantitative estimate of drug-likeness (QED) is 0.869. The van der Waals surface area contributed by atoms with E-state index in [4.69, 9.17) is 0 Å². The molecule has 3 heteroatoms. The van der Waals surface area contributed by atoms with Gasteiger partial charge in [0.15, 0.2) is 0 Å². The fourth-order valence-corrected chi connectivity index (χ4v) is 1.78. The molecule has 0 saturated heterocycles. The maximum atomic E-state index is 12.1. The number of benzene rings is 1. The van der Waals surface area contributed by atoms with Crippen LogP contribution in [0.4, 0.5) is 0 Å². The molecule has 1 aromatic carbocycles. The highest BCUT2D eigenvalue weighted by molar-refractivity contribution is 5.76. The minimum atomic E-state index is 0.0298. The van der Waals surface area contributed by atoms with E-state index < -0.39 is 0 Å². The van der Waals surface area contributed by atoms with Crippen LogP contribution in [0.5, 0.6) is 5.75 Å². The number of rotatable bonds is 5. The Morgan fingerprint density at radius 1 is 1.28 bits per heavy atom. The lowest BCUT2D eigenvalue weighted by Crippen LogP contribution is -2.30. The van der Waals surface area contributed by atoms with Crippen molar-refractivity contribution in [1.82, 2.24) is 4.90 Å². The van der Waals surface area contributed by atoms with Crippen LogP contribution in [-0.2, 0) is 4.79 Å². The van der Waals surface area contributed by atoms with E-state index in [9.17, 15) is 9.90 Å². The van der Waals surface area contributed by atoms with Crippen LogP contribution in [0.1, 0.15) is 45.2 Å². The van der Waals surface area contributed by atoms with E-state index in [0.717, 1.165) is 12.0 Å². The molecule has 1 N–H and O–H groups in total. The van der Waals surface area contributed by atoms with Crippen molar-refractivity contribution in [3.63, 3.8) is 0 Å². The lowest BCUT2D eigenvalue weighted by atomic mass is 10.0. The standard InChI is InChI=1S/C15H23NO2/c1-5-11(2)10-15(18)16(4)12(3)13-6-8-14(17)9-7-13/h6-9,11-12,17H,5,10H2,1-4H3. The molecule has 0 aliphatic heterocycles. The normalized spacial score (nSPS) is 14.0.